The third-order valence-corrected chi connectivity index (χ3v) is 7.45. The minimum absolute atomic E-state index is 0.272. The number of sulfonamides is 1. The number of hydrogen-bond acceptors (Lipinski definition) is 5. The van der Waals surface area contributed by atoms with E-state index in [2.05, 4.69) is 29.2 Å². The molecule has 0 N–H and O–H groups in total. The van der Waals surface area contributed by atoms with Gasteiger partial charge in [0.2, 0.25) is 10.0 Å². The van der Waals surface area contributed by atoms with Crippen LogP contribution in [-0.2, 0) is 16.6 Å². The zero-order valence-corrected chi connectivity index (χ0v) is 20.5. The van der Waals surface area contributed by atoms with E-state index in [-0.39, 0.29) is 6.61 Å². The molecule has 10 heteroatoms. The van der Waals surface area contributed by atoms with Crippen LogP contribution in [0, 0.1) is 11.3 Å². The number of hydrogen-bond donors (Lipinski definition) is 0. The van der Waals surface area contributed by atoms with Crippen molar-refractivity contribution >= 4 is 44.1 Å². The van der Waals surface area contributed by atoms with Crippen LogP contribution in [0.25, 0.3) is 16.6 Å². The molecule has 2 heterocycles. The van der Waals surface area contributed by atoms with Gasteiger partial charge in [0.25, 0.3) is 0 Å². The largest absolute Gasteiger partial charge is 0.489 e. The molecule has 0 saturated carbocycles. The van der Waals surface area contributed by atoms with Crippen LogP contribution in [0.4, 0.5) is 0 Å². The molecule has 0 aliphatic carbocycles. The van der Waals surface area contributed by atoms with Crippen LogP contribution in [0.1, 0.15) is 11.1 Å². The molecular formula is C23H24Cl2N4O3S. The maximum atomic E-state index is 11.7. The Morgan fingerprint density at radius 2 is 1.88 bits per heavy atom. The lowest BCUT2D eigenvalue weighted by atomic mass is 10.1. The number of nitriles is 1. The van der Waals surface area contributed by atoms with E-state index in [0.717, 1.165) is 28.7 Å². The van der Waals surface area contributed by atoms with Gasteiger partial charge < -0.3 is 9.30 Å². The molecule has 1 fully saturated rings. The van der Waals surface area contributed by atoms with E-state index < -0.39 is 10.0 Å². The Bertz CT molecular complexity index is 1310. The van der Waals surface area contributed by atoms with E-state index in [1.54, 1.807) is 12.1 Å². The predicted molar refractivity (Wildman–Crippen MR) is 131 cm³/mol. The quantitative estimate of drug-likeness (QED) is 0.454. The number of nitrogens with zero attached hydrogens (tertiary/aromatic N) is 4. The summed E-state index contributed by atoms with van der Waals surface area (Å²) < 4.78 is 32.5. The molecule has 1 saturated heterocycles. The number of halogens is 2. The first-order valence-corrected chi connectivity index (χ1v) is 13.3. The maximum absolute atomic E-state index is 11.7. The zero-order valence-electron chi connectivity index (χ0n) is 18.2. The summed E-state index contributed by atoms with van der Waals surface area (Å²) in [6.45, 7) is 3.48. The van der Waals surface area contributed by atoms with Gasteiger partial charge in [-0.2, -0.15) is 9.57 Å². The normalized spacial score (nSPS) is 15.6. The highest BCUT2D eigenvalue weighted by atomic mass is 35.5. The van der Waals surface area contributed by atoms with Crippen molar-refractivity contribution in [3.05, 3.63) is 58.7 Å². The van der Waals surface area contributed by atoms with Gasteiger partial charge in [0, 0.05) is 50.0 Å². The van der Waals surface area contributed by atoms with Crippen molar-refractivity contribution in [2.45, 2.75) is 6.54 Å². The lowest BCUT2D eigenvalue weighted by Gasteiger charge is -2.33. The standard InChI is InChI=1S/C23H24Cl2N4O3S/c1-33(30,31)28-9-7-27(8-10-28)16-17-2-3-22-18(12-17)4-6-29(22)20-13-19(15-26)23(21(25)14-20)32-11-5-24/h2-4,6,12-14H,5,7-11,16H2,1H3. The predicted octanol–water partition coefficient (Wildman–Crippen LogP) is 3.85. The number of fused-ring (bicyclic) bond motifs is 1. The molecule has 0 unspecified atom stereocenters. The van der Waals surface area contributed by atoms with Crippen molar-refractivity contribution in [3.8, 4) is 17.5 Å². The fourth-order valence-corrected chi connectivity index (χ4v) is 5.25. The second kappa shape index (κ2) is 9.92. The highest BCUT2D eigenvalue weighted by Gasteiger charge is 2.23. The van der Waals surface area contributed by atoms with Gasteiger partial charge >= 0.3 is 0 Å². The van der Waals surface area contributed by atoms with Gasteiger partial charge in [0.15, 0.2) is 5.75 Å². The van der Waals surface area contributed by atoms with Crippen molar-refractivity contribution in [2.75, 3.05) is 44.9 Å². The molecule has 1 aromatic heterocycles. The third-order valence-electron chi connectivity index (χ3n) is 5.71. The Morgan fingerprint density at radius 1 is 1.12 bits per heavy atom. The summed E-state index contributed by atoms with van der Waals surface area (Å²) in [5.41, 5.74) is 3.28. The van der Waals surface area contributed by atoms with Gasteiger partial charge in [0.1, 0.15) is 12.7 Å². The second-order valence-electron chi connectivity index (χ2n) is 7.97. The van der Waals surface area contributed by atoms with E-state index in [1.165, 1.54) is 10.6 Å². The first kappa shape index (κ1) is 23.9. The van der Waals surface area contributed by atoms with E-state index in [4.69, 9.17) is 27.9 Å². The highest BCUT2D eigenvalue weighted by Crippen LogP contribution is 2.33. The van der Waals surface area contributed by atoms with Crippen LogP contribution < -0.4 is 4.74 Å². The molecule has 33 heavy (non-hydrogen) atoms. The van der Waals surface area contributed by atoms with Gasteiger partial charge in [-0.3, -0.25) is 4.90 Å². The lowest BCUT2D eigenvalue weighted by molar-refractivity contribution is 0.182. The number of aromatic nitrogens is 1. The van der Waals surface area contributed by atoms with E-state index in [9.17, 15) is 13.7 Å². The average molecular weight is 507 g/mol. The minimum Gasteiger partial charge on any atom is -0.489 e. The van der Waals surface area contributed by atoms with Gasteiger partial charge in [0.05, 0.1) is 28.2 Å². The molecule has 0 radical (unpaired) electrons. The van der Waals surface area contributed by atoms with Crippen molar-refractivity contribution in [1.29, 1.82) is 5.26 Å². The smallest absolute Gasteiger partial charge is 0.211 e. The molecule has 0 amide bonds. The molecule has 0 spiro atoms. The van der Waals surface area contributed by atoms with Crippen LogP contribution in [-0.4, -0.2) is 67.1 Å². The van der Waals surface area contributed by atoms with E-state index >= 15 is 0 Å². The van der Waals surface area contributed by atoms with Gasteiger partial charge in [-0.05, 0) is 35.9 Å². The molecular weight excluding hydrogens is 483 g/mol. The molecule has 3 aromatic rings. The molecule has 1 aliphatic heterocycles. The number of alkyl halides is 1. The Morgan fingerprint density at radius 3 is 2.55 bits per heavy atom. The number of ether oxygens (including phenoxy) is 1. The fraction of sp³-hybridized carbons (Fsp3) is 0.348. The van der Waals surface area contributed by atoms with Crippen LogP contribution >= 0.6 is 23.2 Å². The van der Waals surface area contributed by atoms with Crippen molar-refractivity contribution in [2.24, 2.45) is 0 Å². The second-order valence-corrected chi connectivity index (χ2v) is 10.7. The Kier molecular flexibility index (Phi) is 7.17. The van der Waals surface area contributed by atoms with Crippen molar-refractivity contribution in [1.82, 2.24) is 13.8 Å². The number of rotatable bonds is 7. The summed E-state index contributed by atoms with van der Waals surface area (Å²) in [7, 11) is -3.13. The Balaban J connectivity index is 1.54. The first-order chi connectivity index (χ1) is 15.8. The SMILES string of the molecule is CS(=O)(=O)N1CCN(Cc2ccc3c(ccn3-c3cc(Cl)c(OCCCl)c(C#N)c3)c2)CC1. The van der Waals surface area contributed by atoms with Crippen LogP contribution in [0.3, 0.4) is 0 Å². The van der Waals surface area contributed by atoms with Crippen molar-refractivity contribution in [3.63, 3.8) is 0 Å². The van der Waals surface area contributed by atoms with Crippen LogP contribution in [0.15, 0.2) is 42.6 Å². The maximum Gasteiger partial charge on any atom is 0.211 e. The topological polar surface area (TPSA) is 78.6 Å². The Labute approximate surface area is 203 Å². The molecule has 0 atom stereocenters. The van der Waals surface area contributed by atoms with Crippen molar-refractivity contribution < 1.29 is 13.2 Å². The summed E-state index contributed by atoms with van der Waals surface area (Å²) in [6, 6.07) is 14.0. The summed E-state index contributed by atoms with van der Waals surface area (Å²) in [6.07, 6.45) is 3.21. The lowest BCUT2D eigenvalue weighted by Crippen LogP contribution is -2.47. The highest BCUT2D eigenvalue weighted by molar-refractivity contribution is 7.88. The molecule has 174 valence electrons. The summed E-state index contributed by atoms with van der Waals surface area (Å²) >= 11 is 12.1. The van der Waals surface area contributed by atoms with Gasteiger partial charge in [-0.25, -0.2) is 8.42 Å². The summed E-state index contributed by atoms with van der Waals surface area (Å²) in [5.74, 6) is 0.652. The summed E-state index contributed by atoms with van der Waals surface area (Å²) in [4.78, 5) is 2.26. The molecule has 7 nitrogen and oxygen atoms in total. The number of benzene rings is 2. The van der Waals surface area contributed by atoms with E-state index in [0.29, 0.717) is 48.4 Å². The zero-order chi connectivity index (χ0) is 23.6. The average Bonchev–Trinajstić information content (AvgIpc) is 3.21. The summed E-state index contributed by atoms with van der Waals surface area (Å²) in [5, 5.41) is 11.0. The first-order valence-electron chi connectivity index (χ1n) is 10.5. The molecule has 0 bridgehead atoms. The fourth-order valence-electron chi connectivity index (χ4n) is 4.08. The monoisotopic (exact) mass is 506 g/mol. The van der Waals surface area contributed by atoms with Crippen LogP contribution in [0.2, 0.25) is 5.02 Å². The molecule has 4 rings (SSSR count). The Hall–Kier alpha value is -2.28. The third kappa shape index (κ3) is 5.29. The number of piperazine rings is 1. The molecule has 1 aliphatic rings. The molecule has 2 aromatic carbocycles. The van der Waals surface area contributed by atoms with Gasteiger partial charge in [-0.15, -0.1) is 11.6 Å². The minimum atomic E-state index is -3.13. The van der Waals surface area contributed by atoms with E-state index in [1.807, 2.05) is 16.8 Å². The van der Waals surface area contributed by atoms with Gasteiger partial charge in [-0.1, -0.05) is 17.7 Å². The van der Waals surface area contributed by atoms with Crippen LogP contribution in [0.5, 0.6) is 5.75 Å².